The van der Waals surface area contributed by atoms with E-state index in [4.69, 9.17) is 5.73 Å². The second-order valence-corrected chi connectivity index (χ2v) is 6.13. The Labute approximate surface area is 143 Å². The number of aromatic nitrogens is 3. The fourth-order valence-electron chi connectivity index (χ4n) is 2.11. The minimum absolute atomic E-state index is 0.196. The van der Waals surface area contributed by atoms with Crippen LogP contribution in [0.25, 0.3) is 0 Å². The number of aryl methyl sites for hydroxylation is 1. The van der Waals surface area contributed by atoms with E-state index in [-0.39, 0.29) is 11.8 Å². The summed E-state index contributed by atoms with van der Waals surface area (Å²) in [6, 6.07) is 10.4. The molecule has 0 saturated heterocycles. The van der Waals surface area contributed by atoms with Gasteiger partial charge < -0.3 is 11.1 Å². The normalized spacial score (nSPS) is 10.6. The molecule has 0 bridgehead atoms. The number of anilines is 3. The summed E-state index contributed by atoms with van der Waals surface area (Å²) in [6.07, 6.45) is 4.11. The van der Waals surface area contributed by atoms with Crippen LogP contribution in [0.5, 0.6) is 0 Å². The Kier molecular flexibility index (Phi) is 4.90. The molecule has 0 atom stereocenters. The van der Waals surface area contributed by atoms with Gasteiger partial charge in [0.05, 0.1) is 0 Å². The molecule has 24 heavy (non-hydrogen) atoms. The third-order valence-corrected chi connectivity index (χ3v) is 4.30. The summed E-state index contributed by atoms with van der Waals surface area (Å²) in [6.45, 7) is 1.98. The molecule has 0 aliphatic carbocycles. The molecule has 0 spiro atoms. The molecule has 3 N–H and O–H groups in total. The zero-order valence-corrected chi connectivity index (χ0v) is 13.8. The Morgan fingerprint density at radius 2 is 1.92 bits per heavy atom. The highest BCUT2D eigenvalue weighted by Gasteiger charge is 2.07. The Hall–Kier alpha value is -2.67. The van der Waals surface area contributed by atoms with Gasteiger partial charge in [0.1, 0.15) is 11.6 Å². The number of rotatable bonds is 5. The van der Waals surface area contributed by atoms with Gasteiger partial charge in [-0.3, -0.25) is 4.98 Å². The molecule has 3 rings (SSSR count). The highest BCUT2D eigenvalue weighted by molar-refractivity contribution is 7.99. The first-order chi connectivity index (χ1) is 11.6. The van der Waals surface area contributed by atoms with E-state index in [1.165, 1.54) is 17.8 Å². The van der Waals surface area contributed by atoms with Crippen molar-refractivity contribution in [3.8, 4) is 0 Å². The van der Waals surface area contributed by atoms with Gasteiger partial charge in [0.25, 0.3) is 0 Å². The first kappa shape index (κ1) is 16.2. The number of hydrogen-bond donors (Lipinski definition) is 2. The summed E-state index contributed by atoms with van der Waals surface area (Å²) < 4.78 is 14.3. The molecule has 0 unspecified atom stereocenters. The minimum Gasteiger partial charge on any atom is -0.368 e. The molecule has 0 radical (unpaired) electrons. The smallest absolute Gasteiger partial charge is 0.222 e. The van der Waals surface area contributed by atoms with Gasteiger partial charge in [0.2, 0.25) is 5.95 Å². The molecular weight excluding hydrogens is 325 g/mol. The Balaban J connectivity index is 1.78. The van der Waals surface area contributed by atoms with Gasteiger partial charge in [-0.1, -0.05) is 18.7 Å². The van der Waals surface area contributed by atoms with Crippen molar-refractivity contribution in [3.63, 3.8) is 0 Å². The van der Waals surface area contributed by atoms with Gasteiger partial charge in [-0.2, -0.15) is 4.98 Å². The van der Waals surface area contributed by atoms with Gasteiger partial charge in [-0.25, -0.2) is 9.37 Å². The van der Waals surface area contributed by atoms with Crippen molar-refractivity contribution < 1.29 is 4.39 Å². The summed E-state index contributed by atoms with van der Waals surface area (Å²) >= 11 is 1.35. The monoisotopic (exact) mass is 341 g/mol. The average Bonchev–Trinajstić information content (AvgIpc) is 2.58. The summed E-state index contributed by atoms with van der Waals surface area (Å²) in [5.41, 5.74) is 7.12. The maximum atomic E-state index is 14.3. The number of nitrogens with two attached hydrogens (primary N) is 1. The second-order valence-electron chi connectivity index (χ2n) is 5.01. The number of nitrogen functional groups attached to an aromatic ring is 1. The van der Waals surface area contributed by atoms with Crippen molar-refractivity contribution in [2.24, 2.45) is 0 Å². The first-order valence-corrected chi connectivity index (χ1v) is 8.23. The standard InChI is InChI=1S/C17H16FN5S/c1-2-11-10-16(23-17(19)22-11)21-12-3-4-15(14(18)9-12)24-13-5-7-20-8-6-13/h3-10H,2H2,1H3,(H3,19,21,22,23). The Morgan fingerprint density at radius 1 is 1.12 bits per heavy atom. The molecule has 1 aromatic carbocycles. The van der Waals surface area contributed by atoms with E-state index in [0.717, 1.165) is 17.0 Å². The molecule has 5 nitrogen and oxygen atoms in total. The van der Waals surface area contributed by atoms with E-state index in [1.807, 2.05) is 19.1 Å². The first-order valence-electron chi connectivity index (χ1n) is 7.42. The van der Waals surface area contributed by atoms with E-state index in [1.54, 1.807) is 30.6 Å². The zero-order chi connectivity index (χ0) is 16.9. The van der Waals surface area contributed by atoms with E-state index >= 15 is 0 Å². The molecule has 0 fully saturated rings. The van der Waals surface area contributed by atoms with E-state index < -0.39 is 0 Å². The van der Waals surface area contributed by atoms with Crippen LogP contribution in [0.2, 0.25) is 0 Å². The molecule has 0 amide bonds. The summed E-state index contributed by atoms with van der Waals surface area (Å²) in [5, 5.41) is 3.06. The minimum atomic E-state index is -0.306. The van der Waals surface area contributed by atoms with Crippen LogP contribution in [0.3, 0.4) is 0 Å². The van der Waals surface area contributed by atoms with Crippen LogP contribution in [-0.4, -0.2) is 15.0 Å². The van der Waals surface area contributed by atoms with Gasteiger partial charge in [0, 0.05) is 39.6 Å². The number of nitrogens with zero attached hydrogens (tertiary/aromatic N) is 3. The maximum Gasteiger partial charge on any atom is 0.222 e. The SMILES string of the molecule is CCc1cc(Nc2ccc(Sc3ccncc3)c(F)c2)nc(N)n1. The van der Waals surface area contributed by atoms with Gasteiger partial charge in [0.15, 0.2) is 0 Å². The highest BCUT2D eigenvalue weighted by Crippen LogP contribution is 2.31. The lowest BCUT2D eigenvalue weighted by Gasteiger charge is -2.09. The quantitative estimate of drug-likeness (QED) is 0.729. The fourth-order valence-corrected chi connectivity index (χ4v) is 2.91. The van der Waals surface area contributed by atoms with Crippen LogP contribution < -0.4 is 11.1 Å². The molecule has 7 heteroatoms. The van der Waals surface area contributed by atoms with E-state index in [9.17, 15) is 4.39 Å². The lowest BCUT2D eigenvalue weighted by Crippen LogP contribution is -2.03. The Morgan fingerprint density at radius 3 is 2.62 bits per heavy atom. The molecule has 0 aliphatic rings. The van der Waals surface area contributed by atoms with Crippen LogP contribution >= 0.6 is 11.8 Å². The largest absolute Gasteiger partial charge is 0.368 e. The van der Waals surface area contributed by atoms with Crippen LogP contribution in [0.4, 0.5) is 21.8 Å². The van der Waals surface area contributed by atoms with Crippen molar-refractivity contribution in [3.05, 3.63) is 60.3 Å². The fraction of sp³-hybridized carbons (Fsp3) is 0.118. The molecule has 3 aromatic rings. The summed E-state index contributed by atoms with van der Waals surface area (Å²) in [7, 11) is 0. The number of pyridine rings is 1. The number of halogens is 1. The predicted molar refractivity (Wildman–Crippen MR) is 93.9 cm³/mol. The van der Waals surface area contributed by atoms with E-state index in [2.05, 4.69) is 20.3 Å². The topological polar surface area (TPSA) is 76.7 Å². The third kappa shape index (κ3) is 3.99. The van der Waals surface area contributed by atoms with Crippen molar-refractivity contribution in [1.29, 1.82) is 0 Å². The van der Waals surface area contributed by atoms with Gasteiger partial charge >= 0.3 is 0 Å². The Bertz CT molecular complexity index is 842. The number of benzene rings is 1. The van der Waals surface area contributed by atoms with Crippen LogP contribution in [0, 0.1) is 5.82 Å². The van der Waals surface area contributed by atoms with Crippen molar-refractivity contribution in [2.45, 2.75) is 23.1 Å². The lowest BCUT2D eigenvalue weighted by atomic mass is 10.3. The van der Waals surface area contributed by atoms with Crippen molar-refractivity contribution in [2.75, 3.05) is 11.1 Å². The molecule has 122 valence electrons. The highest BCUT2D eigenvalue weighted by atomic mass is 32.2. The summed E-state index contributed by atoms with van der Waals surface area (Å²) in [4.78, 5) is 13.7. The maximum absolute atomic E-state index is 14.3. The third-order valence-electron chi connectivity index (χ3n) is 3.24. The van der Waals surface area contributed by atoms with Crippen LogP contribution in [-0.2, 0) is 6.42 Å². The predicted octanol–water partition coefficient (Wildman–Crippen LogP) is 4.05. The second kappa shape index (κ2) is 7.27. The van der Waals surface area contributed by atoms with Gasteiger partial charge in [-0.05, 0) is 36.8 Å². The zero-order valence-electron chi connectivity index (χ0n) is 13.0. The number of nitrogens with one attached hydrogen (secondary N) is 1. The lowest BCUT2D eigenvalue weighted by molar-refractivity contribution is 0.602. The molecule has 2 heterocycles. The van der Waals surface area contributed by atoms with Crippen LogP contribution in [0.15, 0.2) is 58.6 Å². The molecule has 0 saturated carbocycles. The summed E-state index contributed by atoms with van der Waals surface area (Å²) in [5.74, 6) is 0.440. The van der Waals surface area contributed by atoms with Crippen LogP contribution in [0.1, 0.15) is 12.6 Å². The molecular formula is C17H16FN5S. The van der Waals surface area contributed by atoms with Crippen molar-refractivity contribution in [1.82, 2.24) is 15.0 Å². The van der Waals surface area contributed by atoms with Gasteiger partial charge in [-0.15, -0.1) is 0 Å². The van der Waals surface area contributed by atoms with E-state index in [0.29, 0.717) is 16.4 Å². The average molecular weight is 341 g/mol. The molecule has 0 aliphatic heterocycles. The molecule has 2 aromatic heterocycles. The van der Waals surface area contributed by atoms with Crippen molar-refractivity contribution >= 4 is 29.2 Å². The number of hydrogen-bond acceptors (Lipinski definition) is 6.